The third kappa shape index (κ3) is 2.07. The number of nitrogens with one attached hydrogen (secondary N) is 1. The number of carbonyl (C=O) groups is 1. The third-order valence-electron chi connectivity index (χ3n) is 2.20. The summed E-state index contributed by atoms with van der Waals surface area (Å²) >= 11 is 3.44. The molecule has 0 atom stereocenters. The standard InChI is InChI=1S/C10H11BrN4O/c1-6-2-8(11)10-13-7(3-9(16)14-12)5-15(10)4-6/h2,4-5H,3,12H2,1H3,(H,14,16). The first kappa shape index (κ1) is 11.1. The van der Waals surface area contributed by atoms with E-state index in [1.165, 1.54) is 0 Å². The van der Waals surface area contributed by atoms with E-state index in [1.807, 2.05) is 29.8 Å². The van der Waals surface area contributed by atoms with Crippen molar-refractivity contribution in [3.63, 3.8) is 0 Å². The molecule has 0 saturated carbocycles. The van der Waals surface area contributed by atoms with Crippen molar-refractivity contribution in [2.45, 2.75) is 13.3 Å². The number of nitrogens with zero attached hydrogens (tertiary/aromatic N) is 2. The first-order chi connectivity index (χ1) is 7.60. The lowest BCUT2D eigenvalue weighted by molar-refractivity contribution is -0.120. The Balaban J connectivity index is 2.44. The predicted octanol–water partition coefficient (Wildman–Crippen LogP) is 0.938. The van der Waals surface area contributed by atoms with Gasteiger partial charge in [-0.2, -0.15) is 0 Å². The van der Waals surface area contributed by atoms with Crippen molar-refractivity contribution >= 4 is 27.5 Å². The van der Waals surface area contributed by atoms with Gasteiger partial charge in [0, 0.05) is 12.4 Å². The predicted molar refractivity (Wildman–Crippen MR) is 63.7 cm³/mol. The molecule has 2 aromatic rings. The second-order valence-electron chi connectivity index (χ2n) is 3.57. The van der Waals surface area contributed by atoms with Gasteiger partial charge >= 0.3 is 0 Å². The minimum atomic E-state index is -0.253. The van der Waals surface area contributed by atoms with E-state index in [4.69, 9.17) is 5.84 Å². The molecule has 3 N–H and O–H groups in total. The smallest absolute Gasteiger partial charge is 0.239 e. The second kappa shape index (κ2) is 4.23. The highest BCUT2D eigenvalue weighted by atomic mass is 79.9. The number of imidazole rings is 1. The number of aryl methyl sites for hydroxylation is 1. The number of pyridine rings is 1. The molecule has 0 aliphatic heterocycles. The summed E-state index contributed by atoms with van der Waals surface area (Å²) in [6, 6.07) is 1.98. The van der Waals surface area contributed by atoms with Crippen LogP contribution in [0, 0.1) is 6.92 Å². The van der Waals surface area contributed by atoms with Crippen LogP contribution in [0.15, 0.2) is 22.9 Å². The van der Waals surface area contributed by atoms with Crippen LogP contribution in [0.1, 0.15) is 11.3 Å². The van der Waals surface area contributed by atoms with Gasteiger partial charge in [0.25, 0.3) is 0 Å². The zero-order valence-electron chi connectivity index (χ0n) is 8.70. The van der Waals surface area contributed by atoms with Gasteiger partial charge in [-0.3, -0.25) is 10.2 Å². The molecule has 0 aromatic carbocycles. The molecule has 0 aliphatic rings. The van der Waals surface area contributed by atoms with Crippen molar-refractivity contribution in [3.8, 4) is 0 Å². The first-order valence-electron chi connectivity index (χ1n) is 4.73. The van der Waals surface area contributed by atoms with Crippen LogP contribution in [0.3, 0.4) is 0 Å². The number of hydrogen-bond acceptors (Lipinski definition) is 3. The lowest BCUT2D eigenvalue weighted by atomic mass is 10.3. The van der Waals surface area contributed by atoms with Crippen molar-refractivity contribution in [1.29, 1.82) is 0 Å². The Bertz CT molecular complexity index is 549. The molecule has 2 aromatic heterocycles. The molecule has 2 rings (SSSR count). The van der Waals surface area contributed by atoms with Crippen LogP contribution < -0.4 is 11.3 Å². The summed E-state index contributed by atoms with van der Waals surface area (Å²) in [5.41, 5.74) is 4.69. The molecule has 5 nitrogen and oxygen atoms in total. The Hall–Kier alpha value is -1.40. The maximum atomic E-state index is 11.1. The molecule has 0 unspecified atom stereocenters. The Kier molecular flexibility index (Phi) is 2.93. The highest BCUT2D eigenvalue weighted by Crippen LogP contribution is 2.19. The molecule has 0 spiro atoms. The summed E-state index contributed by atoms with van der Waals surface area (Å²) in [6.45, 7) is 2.00. The lowest BCUT2D eigenvalue weighted by Gasteiger charge is -1.97. The largest absolute Gasteiger partial charge is 0.306 e. The maximum absolute atomic E-state index is 11.1. The van der Waals surface area contributed by atoms with E-state index in [1.54, 1.807) is 0 Å². The summed E-state index contributed by atoms with van der Waals surface area (Å²) in [4.78, 5) is 15.5. The van der Waals surface area contributed by atoms with Gasteiger partial charge in [0.1, 0.15) is 0 Å². The van der Waals surface area contributed by atoms with Gasteiger partial charge in [0.05, 0.1) is 16.6 Å². The summed E-state index contributed by atoms with van der Waals surface area (Å²) in [6.07, 6.45) is 3.96. The van der Waals surface area contributed by atoms with Gasteiger partial charge in [0.15, 0.2) is 5.65 Å². The number of hydrogen-bond donors (Lipinski definition) is 2. The highest BCUT2D eigenvalue weighted by Gasteiger charge is 2.08. The average Bonchev–Trinajstić information content (AvgIpc) is 2.60. The summed E-state index contributed by atoms with van der Waals surface area (Å²) in [7, 11) is 0. The Labute approximate surface area is 101 Å². The molecular weight excluding hydrogens is 272 g/mol. The van der Waals surface area contributed by atoms with E-state index in [0.717, 1.165) is 15.7 Å². The van der Waals surface area contributed by atoms with Gasteiger partial charge in [-0.05, 0) is 34.5 Å². The third-order valence-corrected chi connectivity index (χ3v) is 2.78. The van der Waals surface area contributed by atoms with Crippen molar-refractivity contribution in [2.24, 2.45) is 5.84 Å². The van der Waals surface area contributed by atoms with E-state index < -0.39 is 0 Å². The molecule has 0 fully saturated rings. The number of fused-ring (bicyclic) bond motifs is 1. The molecular formula is C10H11BrN4O. The van der Waals surface area contributed by atoms with Crippen LogP contribution in [0.25, 0.3) is 5.65 Å². The monoisotopic (exact) mass is 282 g/mol. The molecule has 1 amide bonds. The van der Waals surface area contributed by atoms with Gasteiger partial charge in [-0.15, -0.1) is 0 Å². The minimum Gasteiger partial charge on any atom is -0.306 e. The molecule has 0 saturated heterocycles. The van der Waals surface area contributed by atoms with Crippen LogP contribution in [0.5, 0.6) is 0 Å². The van der Waals surface area contributed by atoms with Crippen LogP contribution >= 0.6 is 15.9 Å². The lowest BCUT2D eigenvalue weighted by Crippen LogP contribution is -2.31. The van der Waals surface area contributed by atoms with Crippen LogP contribution in [-0.2, 0) is 11.2 Å². The average molecular weight is 283 g/mol. The Morgan fingerprint density at radius 2 is 2.38 bits per heavy atom. The van der Waals surface area contributed by atoms with Gasteiger partial charge < -0.3 is 4.40 Å². The maximum Gasteiger partial charge on any atom is 0.239 e. The Morgan fingerprint density at radius 3 is 3.06 bits per heavy atom. The van der Waals surface area contributed by atoms with E-state index in [9.17, 15) is 4.79 Å². The topological polar surface area (TPSA) is 72.4 Å². The number of amides is 1. The fourth-order valence-corrected chi connectivity index (χ4v) is 2.20. The van der Waals surface area contributed by atoms with Crippen molar-refractivity contribution in [1.82, 2.24) is 14.8 Å². The number of aromatic nitrogens is 2. The van der Waals surface area contributed by atoms with Gasteiger partial charge in [-0.1, -0.05) is 0 Å². The van der Waals surface area contributed by atoms with E-state index in [0.29, 0.717) is 5.69 Å². The van der Waals surface area contributed by atoms with E-state index >= 15 is 0 Å². The molecule has 0 bridgehead atoms. The number of hydrazine groups is 1. The van der Waals surface area contributed by atoms with Crippen LogP contribution in [-0.4, -0.2) is 15.3 Å². The molecule has 16 heavy (non-hydrogen) atoms. The second-order valence-corrected chi connectivity index (χ2v) is 4.43. The van der Waals surface area contributed by atoms with Gasteiger partial charge in [0.2, 0.25) is 5.91 Å². The van der Waals surface area contributed by atoms with Crippen molar-refractivity contribution in [3.05, 3.63) is 34.2 Å². The number of rotatable bonds is 2. The van der Waals surface area contributed by atoms with Gasteiger partial charge in [-0.25, -0.2) is 10.8 Å². The minimum absolute atomic E-state index is 0.184. The van der Waals surface area contributed by atoms with Crippen LogP contribution in [0.2, 0.25) is 0 Å². The fraction of sp³-hybridized carbons (Fsp3) is 0.200. The number of nitrogens with two attached hydrogens (primary N) is 1. The summed E-state index contributed by atoms with van der Waals surface area (Å²) in [5.74, 6) is 4.77. The quantitative estimate of drug-likeness (QED) is 0.489. The first-order valence-corrected chi connectivity index (χ1v) is 5.52. The summed E-state index contributed by atoms with van der Waals surface area (Å²) in [5, 5.41) is 0. The summed E-state index contributed by atoms with van der Waals surface area (Å²) < 4.78 is 2.80. The molecule has 2 heterocycles. The zero-order valence-corrected chi connectivity index (χ0v) is 10.3. The van der Waals surface area contributed by atoms with Crippen molar-refractivity contribution in [2.75, 3.05) is 0 Å². The highest BCUT2D eigenvalue weighted by molar-refractivity contribution is 9.10. The molecule has 84 valence electrons. The SMILES string of the molecule is Cc1cc(Br)c2nc(CC(=O)NN)cn2c1. The molecule has 0 radical (unpaired) electrons. The van der Waals surface area contributed by atoms with Crippen molar-refractivity contribution < 1.29 is 4.79 Å². The number of carbonyl (C=O) groups excluding carboxylic acids is 1. The fourth-order valence-electron chi connectivity index (χ4n) is 1.54. The Morgan fingerprint density at radius 1 is 1.62 bits per heavy atom. The van der Waals surface area contributed by atoms with Crippen LogP contribution in [0.4, 0.5) is 0 Å². The van der Waals surface area contributed by atoms with E-state index in [-0.39, 0.29) is 12.3 Å². The normalized spacial score (nSPS) is 10.7. The molecule has 6 heteroatoms. The van der Waals surface area contributed by atoms with E-state index in [2.05, 4.69) is 26.3 Å². The number of halogens is 1. The zero-order chi connectivity index (χ0) is 11.7. The molecule has 0 aliphatic carbocycles.